The highest BCUT2D eigenvalue weighted by Gasteiger charge is 2.36. The van der Waals surface area contributed by atoms with Gasteiger partial charge in [0.25, 0.3) is 0 Å². The third-order valence-corrected chi connectivity index (χ3v) is 2.13. The van der Waals surface area contributed by atoms with Crippen LogP contribution in [-0.4, -0.2) is 46.2 Å². The van der Waals surface area contributed by atoms with Crippen molar-refractivity contribution in [3.63, 3.8) is 0 Å². The van der Waals surface area contributed by atoms with Crippen molar-refractivity contribution in [3.8, 4) is 0 Å². The van der Waals surface area contributed by atoms with E-state index in [4.69, 9.17) is 0 Å². The Bertz CT molecular complexity index is 248. The molecule has 0 aromatic heterocycles. The van der Waals surface area contributed by atoms with E-state index < -0.39 is 24.3 Å². The third kappa shape index (κ3) is 2.31. The van der Waals surface area contributed by atoms with Crippen molar-refractivity contribution in [1.82, 2.24) is 0 Å². The van der Waals surface area contributed by atoms with Crippen LogP contribution in [0.25, 0.3) is 0 Å². The zero-order valence-electron chi connectivity index (χ0n) is 7.88. The first-order valence-corrected chi connectivity index (χ1v) is 4.47. The quantitative estimate of drug-likeness (QED) is 0.393. The van der Waals surface area contributed by atoms with Gasteiger partial charge in [-0.15, -0.1) is 0 Å². The van der Waals surface area contributed by atoms with Gasteiger partial charge in [-0.1, -0.05) is 0 Å². The Kier molecular flexibility index (Phi) is 3.62. The fourth-order valence-corrected chi connectivity index (χ4v) is 1.39. The number of hydrogen-bond donors (Lipinski definition) is 3. The molecule has 5 nitrogen and oxygen atoms in total. The van der Waals surface area contributed by atoms with E-state index in [0.29, 0.717) is 5.57 Å². The first-order chi connectivity index (χ1) is 6.56. The average Bonchev–Trinajstić information content (AvgIpc) is 2.34. The van der Waals surface area contributed by atoms with E-state index in [0.717, 1.165) is 6.08 Å². The van der Waals surface area contributed by atoms with Crippen LogP contribution in [-0.2, 0) is 9.53 Å². The molecule has 1 saturated carbocycles. The summed E-state index contributed by atoms with van der Waals surface area (Å²) < 4.78 is 4.63. The molecule has 5 heteroatoms. The maximum Gasteiger partial charge on any atom is 0.330 e. The van der Waals surface area contributed by atoms with E-state index in [1.807, 2.05) is 0 Å². The summed E-state index contributed by atoms with van der Waals surface area (Å²) in [6.07, 6.45) is -2.18. The van der Waals surface area contributed by atoms with E-state index in [1.165, 1.54) is 0 Å². The maximum atomic E-state index is 11.0. The first-order valence-electron chi connectivity index (χ1n) is 4.47. The second-order valence-corrected chi connectivity index (χ2v) is 3.18. The second-order valence-electron chi connectivity index (χ2n) is 3.18. The van der Waals surface area contributed by atoms with Gasteiger partial charge in [0.05, 0.1) is 12.7 Å². The van der Waals surface area contributed by atoms with Crippen LogP contribution >= 0.6 is 0 Å². The fourth-order valence-electron chi connectivity index (χ4n) is 1.39. The van der Waals surface area contributed by atoms with Crippen molar-refractivity contribution in [1.29, 1.82) is 0 Å². The predicted octanol–water partition coefficient (Wildman–Crippen LogP) is -1.04. The third-order valence-electron chi connectivity index (χ3n) is 2.13. The van der Waals surface area contributed by atoms with Crippen LogP contribution in [0.2, 0.25) is 0 Å². The summed E-state index contributed by atoms with van der Waals surface area (Å²) in [4.78, 5) is 11.0. The van der Waals surface area contributed by atoms with Gasteiger partial charge < -0.3 is 20.1 Å². The summed E-state index contributed by atoms with van der Waals surface area (Å²) in [5, 5.41) is 27.7. The lowest BCUT2D eigenvalue weighted by molar-refractivity contribution is -0.137. The Morgan fingerprint density at radius 2 is 2.21 bits per heavy atom. The molecule has 0 unspecified atom stereocenters. The number of esters is 1. The molecule has 14 heavy (non-hydrogen) atoms. The Balaban J connectivity index is 2.65. The lowest BCUT2D eigenvalue weighted by Gasteiger charge is -2.09. The lowest BCUT2D eigenvalue weighted by atomic mass is 10.2. The van der Waals surface area contributed by atoms with Crippen LogP contribution < -0.4 is 0 Å². The number of carbonyl (C=O) groups excluding carboxylic acids is 1. The standard InChI is InChI=1S/C9H14O5/c1-2-14-7(11)4-5-3-6(10)9(13)8(5)12/h4,6,8-10,12-13H,2-3H2,1H3/b5-4+/t6-,8-,9+/m1/s1. The zero-order chi connectivity index (χ0) is 10.7. The molecule has 3 atom stereocenters. The number of aliphatic hydroxyl groups is 3. The van der Waals surface area contributed by atoms with Gasteiger partial charge in [-0.2, -0.15) is 0 Å². The Morgan fingerprint density at radius 3 is 2.64 bits per heavy atom. The van der Waals surface area contributed by atoms with Crippen LogP contribution in [0.5, 0.6) is 0 Å². The molecule has 0 aliphatic heterocycles. The minimum absolute atomic E-state index is 0.0984. The molecular formula is C9H14O5. The van der Waals surface area contributed by atoms with Crippen molar-refractivity contribution in [2.75, 3.05) is 6.61 Å². The molecule has 80 valence electrons. The van der Waals surface area contributed by atoms with E-state index in [9.17, 15) is 20.1 Å². The molecule has 1 rings (SSSR count). The van der Waals surface area contributed by atoms with E-state index in [2.05, 4.69) is 4.74 Å². The summed E-state index contributed by atoms with van der Waals surface area (Å²) in [5.74, 6) is -0.567. The summed E-state index contributed by atoms with van der Waals surface area (Å²) in [6.45, 7) is 1.93. The molecule has 1 fully saturated rings. The monoisotopic (exact) mass is 202 g/mol. The smallest absolute Gasteiger partial charge is 0.330 e. The molecule has 0 radical (unpaired) electrons. The first kappa shape index (κ1) is 11.2. The van der Waals surface area contributed by atoms with Crippen LogP contribution in [0, 0.1) is 0 Å². The molecular weight excluding hydrogens is 188 g/mol. The van der Waals surface area contributed by atoms with Crippen molar-refractivity contribution in [2.45, 2.75) is 31.7 Å². The average molecular weight is 202 g/mol. The molecule has 3 N–H and O–H groups in total. The van der Waals surface area contributed by atoms with Gasteiger partial charge in [-0.25, -0.2) is 4.79 Å². The topological polar surface area (TPSA) is 87.0 Å². The summed E-state index contributed by atoms with van der Waals surface area (Å²) in [6, 6.07) is 0. The SMILES string of the molecule is CCOC(=O)/C=C1\C[C@@H](O)[C@H](O)[C@@H]1O. The molecule has 0 bridgehead atoms. The largest absolute Gasteiger partial charge is 0.463 e. The Hall–Kier alpha value is -0.910. The van der Waals surface area contributed by atoms with Gasteiger partial charge in [-0.05, 0) is 12.5 Å². The number of aliphatic hydroxyl groups excluding tert-OH is 3. The highest BCUT2D eigenvalue weighted by Crippen LogP contribution is 2.25. The Morgan fingerprint density at radius 1 is 1.57 bits per heavy atom. The number of carbonyl (C=O) groups is 1. The Labute approximate surface area is 81.6 Å². The van der Waals surface area contributed by atoms with Gasteiger partial charge in [0.15, 0.2) is 0 Å². The minimum atomic E-state index is -1.21. The summed E-state index contributed by atoms with van der Waals surface area (Å²) >= 11 is 0. The highest BCUT2D eigenvalue weighted by atomic mass is 16.5. The number of rotatable bonds is 2. The summed E-state index contributed by atoms with van der Waals surface area (Å²) in [7, 11) is 0. The zero-order valence-corrected chi connectivity index (χ0v) is 7.88. The van der Waals surface area contributed by atoms with Crippen molar-refractivity contribution >= 4 is 5.97 Å². The normalized spacial score (nSPS) is 34.9. The maximum absolute atomic E-state index is 11.0. The van der Waals surface area contributed by atoms with E-state index in [-0.39, 0.29) is 13.0 Å². The molecule has 0 aromatic carbocycles. The molecule has 1 aliphatic carbocycles. The molecule has 0 heterocycles. The van der Waals surface area contributed by atoms with Gasteiger partial charge in [0.2, 0.25) is 0 Å². The minimum Gasteiger partial charge on any atom is -0.463 e. The highest BCUT2D eigenvalue weighted by molar-refractivity contribution is 5.83. The molecule has 1 aliphatic rings. The summed E-state index contributed by atoms with van der Waals surface area (Å²) in [5.41, 5.74) is 0.309. The van der Waals surface area contributed by atoms with Gasteiger partial charge >= 0.3 is 5.97 Å². The van der Waals surface area contributed by atoms with Crippen LogP contribution in [0.1, 0.15) is 13.3 Å². The number of hydrogen-bond acceptors (Lipinski definition) is 5. The fraction of sp³-hybridized carbons (Fsp3) is 0.667. The second kappa shape index (κ2) is 4.54. The molecule has 0 amide bonds. The van der Waals surface area contributed by atoms with E-state index >= 15 is 0 Å². The molecule has 0 saturated heterocycles. The van der Waals surface area contributed by atoms with Crippen LogP contribution in [0.4, 0.5) is 0 Å². The van der Waals surface area contributed by atoms with Gasteiger partial charge in [0, 0.05) is 12.5 Å². The van der Waals surface area contributed by atoms with Crippen LogP contribution in [0.3, 0.4) is 0 Å². The van der Waals surface area contributed by atoms with Crippen molar-refractivity contribution in [3.05, 3.63) is 11.6 Å². The number of ether oxygens (including phenoxy) is 1. The van der Waals surface area contributed by atoms with Gasteiger partial charge in [0.1, 0.15) is 12.2 Å². The van der Waals surface area contributed by atoms with Gasteiger partial charge in [-0.3, -0.25) is 0 Å². The van der Waals surface area contributed by atoms with Crippen LogP contribution in [0.15, 0.2) is 11.6 Å². The van der Waals surface area contributed by atoms with Crippen molar-refractivity contribution in [2.24, 2.45) is 0 Å². The predicted molar refractivity (Wildman–Crippen MR) is 47.4 cm³/mol. The van der Waals surface area contributed by atoms with Crippen molar-refractivity contribution < 1.29 is 24.9 Å². The molecule has 0 aromatic rings. The van der Waals surface area contributed by atoms with E-state index in [1.54, 1.807) is 6.92 Å². The molecule has 0 spiro atoms. The lowest BCUT2D eigenvalue weighted by Crippen LogP contribution is -2.28.